The molecule has 3 nitrogen and oxygen atoms in total. The zero-order chi connectivity index (χ0) is 16.2. The van der Waals surface area contributed by atoms with Gasteiger partial charge in [0.15, 0.2) is 0 Å². The van der Waals surface area contributed by atoms with Gasteiger partial charge in [0.1, 0.15) is 0 Å². The molecule has 1 N–H and O–H groups in total. The van der Waals surface area contributed by atoms with Crippen LogP contribution in [-0.4, -0.2) is 29.9 Å². The summed E-state index contributed by atoms with van der Waals surface area (Å²) in [6, 6.07) is 5.94. The number of para-hydroxylation sites is 1. The van der Waals surface area contributed by atoms with E-state index in [2.05, 4.69) is 10.2 Å². The molecule has 3 rings (SSSR count). The summed E-state index contributed by atoms with van der Waals surface area (Å²) in [5.74, 6) is 0.830. The number of carbonyl (C=O) groups is 1. The van der Waals surface area contributed by atoms with Gasteiger partial charge in [-0.3, -0.25) is 9.69 Å². The maximum Gasteiger partial charge on any atom is 0.225 e. The van der Waals surface area contributed by atoms with Gasteiger partial charge in [0, 0.05) is 19.0 Å². The zero-order valence-electron chi connectivity index (χ0n) is 13.8. The molecule has 0 spiro atoms. The van der Waals surface area contributed by atoms with Gasteiger partial charge in [-0.05, 0) is 50.3 Å². The SMILES string of the molecule is Cl.O=C(CCN1CCC[C@@H]2CCCC[C@H]21)Nc1c(Cl)cccc1Cl. The Hall–Kier alpha value is -0.480. The number of nitrogens with zero attached hydrogens (tertiary/aromatic N) is 1. The minimum absolute atomic E-state index is 0. The van der Waals surface area contributed by atoms with Gasteiger partial charge in [-0.1, -0.05) is 42.1 Å². The molecule has 1 aliphatic heterocycles. The Bertz CT molecular complexity index is 545. The Balaban J connectivity index is 0.00000208. The summed E-state index contributed by atoms with van der Waals surface area (Å²) in [5, 5.41) is 3.83. The number of hydrogen-bond donors (Lipinski definition) is 1. The van der Waals surface area contributed by atoms with Crippen LogP contribution < -0.4 is 5.32 Å². The van der Waals surface area contributed by atoms with Crippen molar-refractivity contribution in [1.29, 1.82) is 0 Å². The molecule has 2 atom stereocenters. The first-order valence-electron chi connectivity index (χ1n) is 8.63. The van der Waals surface area contributed by atoms with E-state index in [1.54, 1.807) is 18.2 Å². The third-order valence-electron chi connectivity index (χ3n) is 5.21. The van der Waals surface area contributed by atoms with Crippen LogP contribution in [0.3, 0.4) is 0 Å². The fraction of sp³-hybridized carbons (Fsp3) is 0.611. The van der Waals surface area contributed by atoms with E-state index in [-0.39, 0.29) is 18.3 Å². The molecule has 1 saturated carbocycles. The molecule has 1 aromatic rings. The van der Waals surface area contributed by atoms with Gasteiger partial charge in [-0.2, -0.15) is 0 Å². The van der Waals surface area contributed by atoms with Crippen LogP contribution in [0.1, 0.15) is 44.9 Å². The Kier molecular flexibility index (Phi) is 7.67. The fourth-order valence-corrected chi connectivity index (χ4v) is 4.56. The lowest BCUT2D eigenvalue weighted by Gasteiger charge is -2.44. The smallest absolute Gasteiger partial charge is 0.225 e. The minimum atomic E-state index is -0.0158. The summed E-state index contributed by atoms with van der Waals surface area (Å²) in [6.07, 6.45) is 8.48. The van der Waals surface area contributed by atoms with Gasteiger partial charge in [-0.15, -0.1) is 12.4 Å². The maximum atomic E-state index is 12.3. The summed E-state index contributed by atoms with van der Waals surface area (Å²) < 4.78 is 0. The highest BCUT2D eigenvalue weighted by Crippen LogP contribution is 2.35. The molecule has 2 aliphatic rings. The molecule has 6 heteroatoms. The van der Waals surface area contributed by atoms with Crippen molar-refractivity contribution in [3.63, 3.8) is 0 Å². The van der Waals surface area contributed by atoms with Gasteiger partial charge in [-0.25, -0.2) is 0 Å². The highest BCUT2D eigenvalue weighted by molar-refractivity contribution is 6.39. The molecule has 0 bridgehead atoms. The number of halogens is 3. The quantitative estimate of drug-likeness (QED) is 0.745. The Labute approximate surface area is 160 Å². The molecule has 1 aromatic carbocycles. The topological polar surface area (TPSA) is 32.3 Å². The van der Waals surface area contributed by atoms with Crippen LogP contribution in [0, 0.1) is 5.92 Å². The molecule has 1 amide bonds. The zero-order valence-corrected chi connectivity index (χ0v) is 16.1. The third kappa shape index (κ3) is 4.78. The highest BCUT2D eigenvalue weighted by Gasteiger charge is 2.32. The molecule has 0 unspecified atom stereocenters. The van der Waals surface area contributed by atoms with Crippen molar-refractivity contribution in [2.24, 2.45) is 5.92 Å². The van der Waals surface area contributed by atoms with Crippen molar-refractivity contribution in [3.05, 3.63) is 28.2 Å². The van der Waals surface area contributed by atoms with Crippen molar-refractivity contribution >= 4 is 47.2 Å². The minimum Gasteiger partial charge on any atom is -0.324 e. The summed E-state index contributed by atoms with van der Waals surface area (Å²) in [5.41, 5.74) is 0.523. The molecule has 0 radical (unpaired) electrons. The lowest BCUT2D eigenvalue weighted by Crippen LogP contribution is -2.47. The van der Waals surface area contributed by atoms with Crippen molar-refractivity contribution in [3.8, 4) is 0 Å². The average molecular weight is 392 g/mol. The summed E-state index contributed by atoms with van der Waals surface area (Å²) in [6.45, 7) is 1.95. The second-order valence-electron chi connectivity index (χ2n) is 6.68. The van der Waals surface area contributed by atoms with E-state index in [0.29, 0.717) is 28.2 Å². The molecule has 24 heavy (non-hydrogen) atoms. The fourth-order valence-electron chi connectivity index (χ4n) is 4.07. The predicted octanol–water partition coefficient (Wildman–Crippen LogP) is 5.40. The molecule has 1 saturated heterocycles. The normalized spacial score (nSPS) is 23.9. The number of likely N-dealkylation sites (tertiary alicyclic amines) is 1. The molecule has 1 aliphatic carbocycles. The maximum absolute atomic E-state index is 12.3. The van der Waals surface area contributed by atoms with Crippen molar-refractivity contribution in [2.45, 2.75) is 51.0 Å². The molecule has 134 valence electrons. The van der Waals surface area contributed by atoms with Crippen LogP contribution in [0.5, 0.6) is 0 Å². The van der Waals surface area contributed by atoms with E-state index in [0.717, 1.165) is 19.0 Å². The van der Waals surface area contributed by atoms with Gasteiger partial charge in [0.2, 0.25) is 5.91 Å². The van der Waals surface area contributed by atoms with Gasteiger partial charge in [0.05, 0.1) is 15.7 Å². The van der Waals surface area contributed by atoms with Crippen molar-refractivity contribution < 1.29 is 4.79 Å². The molecular formula is C18H25Cl3N2O. The Morgan fingerprint density at radius 3 is 2.54 bits per heavy atom. The van der Waals surface area contributed by atoms with E-state index in [1.807, 2.05) is 0 Å². The second kappa shape index (κ2) is 9.28. The number of amides is 1. The molecule has 1 heterocycles. The number of nitrogens with one attached hydrogen (secondary N) is 1. The summed E-state index contributed by atoms with van der Waals surface area (Å²) in [4.78, 5) is 14.8. The molecular weight excluding hydrogens is 367 g/mol. The Morgan fingerprint density at radius 2 is 1.79 bits per heavy atom. The number of anilines is 1. The average Bonchev–Trinajstić information content (AvgIpc) is 2.56. The standard InChI is InChI=1S/C18H24Cl2N2O.ClH/c19-14-7-3-8-15(20)18(14)21-17(23)10-12-22-11-4-6-13-5-1-2-9-16(13)22;/h3,7-8,13,16H,1-2,4-6,9-12H2,(H,21,23);1H/t13-,16+;/m0./s1. The Morgan fingerprint density at radius 1 is 1.12 bits per heavy atom. The number of fused-ring (bicyclic) bond motifs is 1. The molecule has 0 aromatic heterocycles. The molecule has 2 fully saturated rings. The summed E-state index contributed by atoms with van der Waals surface area (Å²) >= 11 is 12.2. The van der Waals surface area contributed by atoms with Crippen LogP contribution in [-0.2, 0) is 4.79 Å². The van der Waals surface area contributed by atoms with Crippen LogP contribution in [0.15, 0.2) is 18.2 Å². The van der Waals surface area contributed by atoms with Crippen molar-refractivity contribution in [2.75, 3.05) is 18.4 Å². The summed E-state index contributed by atoms with van der Waals surface area (Å²) in [7, 11) is 0. The van der Waals surface area contributed by atoms with Crippen LogP contribution in [0.25, 0.3) is 0 Å². The van der Waals surface area contributed by atoms with Gasteiger partial charge < -0.3 is 5.32 Å². The third-order valence-corrected chi connectivity index (χ3v) is 5.84. The number of hydrogen-bond acceptors (Lipinski definition) is 2. The number of carbonyl (C=O) groups excluding carboxylic acids is 1. The number of benzene rings is 1. The van der Waals surface area contributed by atoms with E-state index in [4.69, 9.17) is 23.2 Å². The number of rotatable bonds is 4. The van der Waals surface area contributed by atoms with Gasteiger partial charge >= 0.3 is 0 Å². The van der Waals surface area contributed by atoms with Crippen molar-refractivity contribution in [1.82, 2.24) is 4.90 Å². The first-order valence-corrected chi connectivity index (χ1v) is 9.38. The van der Waals surface area contributed by atoms with E-state index in [1.165, 1.54) is 38.5 Å². The van der Waals surface area contributed by atoms with E-state index >= 15 is 0 Å². The van der Waals surface area contributed by atoms with Gasteiger partial charge in [0.25, 0.3) is 0 Å². The van der Waals surface area contributed by atoms with Crippen LogP contribution >= 0.6 is 35.6 Å². The first kappa shape index (κ1) is 19.8. The highest BCUT2D eigenvalue weighted by atomic mass is 35.5. The number of piperidine rings is 1. The predicted molar refractivity (Wildman–Crippen MR) is 104 cm³/mol. The van der Waals surface area contributed by atoms with E-state index < -0.39 is 0 Å². The second-order valence-corrected chi connectivity index (χ2v) is 7.50. The lowest BCUT2D eigenvalue weighted by molar-refractivity contribution is -0.116. The largest absolute Gasteiger partial charge is 0.324 e. The monoisotopic (exact) mass is 390 g/mol. The first-order chi connectivity index (χ1) is 11.1. The van der Waals surface area contributed by atoms with Crippen LogP contribution in [0.4, 0.5) is 5.69 Å². The van der Waals surface area contributed by atoms with Crippen LogP contribution in [0.2, 0.25) is 10.0 Å². The van der Waals surface area contributed by atoms with E-state index in [9.17, 15) is 4.79 Å². The lowest BCUT2D eigenvalue weighted by atomic mass is 9.78.